The molecule has 0 aliphatic carbocycles. The summed E-state index contributed by atoms with van der Waals surface area (Å²) in [5, 5.41) is 1.09. The number of carbonyl (C=O) groups is 2. The van der Waals surface area contributed by atoms with E-state index in [4.69, 9.17) is 14.3 Å². The molecule has 7 nitrogen and oxygen atoms in total. The van der Waals surface area contributed by atoms with Crippen molar-refractivity contribution in [2.75, 3.05) is 12.2 Å². The molecule has 0 saturated heterocycles. The molecule has 140 valence electrons. The van der Waals surface area contributed by atoms with Crippen LogP contribution in [0.5, 0.6) is 11.5 Å². The number of benzene rings is 2. The van der Waals surface area contributed by atoms with E-state index in [1.807, 2.05) is 30.3 Å². The summed E-state index contributed by atoms with van der Waals surface area (Å²) in [6.45, 7) is 0.161. The zero-order chi connectivity index (χ0) is 19.5. The average Bonchev–Trinajstić information content (AvgIpc) is 2.86. The number of hydroxylamine groups is 1. The van der Waals surface area contributed by atoms with E-state index in [1.54, 1.807) is 24.3 Å². The number of anilines is 1. The standard InChI is InChI=1S/C21H16N2O5/c1-26-21(25)15-11-18-19(22-12-15)23(27-13-14-7-3-2-4-8-14)20(24)16-9-5-6-10-17(16)28-18/h2-12H,13H2,1H3. The van der Waals surface area contributed by atoms with E-state index in [-0.39, 0.29) is 23.7 Å². The van der Waals surface area contributed by atoms with Gasteiger partial charge in [0.15, 0.2) is 5.75 Å². The Hall–Kier alpha value is -3.71. The monoisotopic (exact) mass is 376 g/mol. The first kappa shape index (κ1) is 17.7. The van der Waals surface area contributed by atoms with Gasteiger partial charge in [-0.3, -0.25) is 9.63 Å². The maximum Gasteiger partial charge on any atom is 0.339 e. The second-order valence-corrected chi connectivity index (χ2v) is 5.99. The lowest BCUT2D eigenvalue weighted by Gasteiger charge is -2.20. The van der Waals surface area contributed by atoms with Gasteiger partial charge in [-0.2, -0.15) is 5.06 Å². The Labute approximate surface area is 161 Å². The number of pyridine rings is 1. The number of hydrogen-bond donors (Lipinski definition) is 0. The van der Waals surface area contributed by atoms with Gasteiger partial charge < -0.3 is 9.47 Å². The maximum atomic E-state index is 13.1. The van der Waals surface area contributed by atoms with E-state index in [0.717, 1.165) is 10.6 Å². The normalized spacial score (nSPS) is 12.5. The van der Waals surface area contributed by atoms with Gasteiger partial charge in [0.1, 0.15) is 12.4 Å². The Kier molecular flexibility index (Phi) is 4.74. The molecule has 0 unspecified atom stereocenters. The fraction of sp³-hybridized carbons (Fsp3) is 0.0952. The van der Waals surface area contributed by atoms with Crippen LogP contribution >= 0.6 is 0 Å². The van der Waals surface area contributed by atoms with Gasteiger partial charge in [-0.25, -0.2) is 9.78 Å². The van der Waals surface area contributed by atoms with Crippen molar-refractivity contribution in [3.8, 4) is 11.5 Å². The average molecular weight is 376 g/mol. The molecule has 1 aliphatic rings. The molecular formula is C21H16N2O5. The number of methoxy groups -OCH3 is 1. The first-order valence-electron chi connectivity index (χ1n) is 8.54. The van der Waals surface area contributed by atoms with E-state index in [1.165, 1.54) is 19.4 Å². The third-order valence-electron chi connectivity index (χ3n) is 4.17. The smallest absolute Gasteiger partial charge is 0.339 e. The summed E-state index contributed by atoms with van der Waals surface area (Å²) < 4.78 is 10.6. The van der Waals surface area contributed by atoms with Crippen LogP contribution in [0.4, 0.5) is 5.82 Å². The Morgan fingerprint density at radius 1 is 1.07 bits per heavy atom. The van der Waals surface area contributed by atoms with Crippen LogP contribution in [0.2, 0.25) is 0 Å². The minimum absolute atomic E-state index is 0.157. The molecule has 1 aliphatic heterocycles. The minimum atomic E-state index is -0.556. The lowest BCUT2D eigenvalue weighted by Crippen LogP contribution is -2.31. The fourth-order valence-corrected chi connectivity index (χ4v) is 2.78. The highest BCUT2D eigenvalue weighted by Gasteiger charge is 2.31. The van der Waals surface area contributed by atoms with Crippen molar-refractivity contribution in [1.82, 2.24) is 4.98 Å². The van der Waals surface area contributed by atoms with Crippen LogP contribution in [0, 0.1) is 0 Å². The molecule has 4 rings (SSSR count). The number of rotatable bonds is 4. The second kappa shape index (κ2) is 7.50. The summed E-state index contributed by atoms with van der Waals surface area (Å²) in [6.07, 6.45) is 1.32. The third kappa shape index (κ3) is 3.30. The first-order valence-corrected chi connectivity index (χ1v) is 8.54. The van der Waals surface area contributed by atoms with Crippen LogP contribution in [-0.4, -0.2) is 24.0 Å². The number of esters is 1. The molecule has 0 saturated carbocycles. The van der Waals surface area contributed by atoms with Crippen molar-refractivity contribution in [3.63, 3.8) is 0 Å². The fourth-order valence-electron chi connectivity index (χ4n) is 2.78. The molecule has 1 aromatic heterocycles. The molecule has 0 atom stereocenters. The van der Waals surface area contributed by atoms with Gasteiger partial charge in [0.05, 0.1) is 18.2 Å². The first-order chi connectivity index (χ1) is 13.7. The maximum absolute atomic E-state index is 13.1. The quantitative estimate of drug-likeness (QED) is 0.646. The molecule has 28 heavy (non-hydrogen) atoms. The van der Waals surface area contributed by atoms with Crippen molar-refractivity contribution in [1.29, 1.82) is 0 Å². The Balaban J connectivity index is 1.76. The highest BCUT2D eigenvalue weighted by Crippen LogP contribution is 2.38. The molecule has 7 heteroatoms. The van der Waals surface area contributed by atoms with Crippen LogP contribution in [0.3, 0.4) is 0 Å². The summed E-state index contributed by atoms with van der Waals surface area (Å²) in [7, 11) is 1.28. The summed E-state index contributed by atoms with van der Waals surface area (Å²) in [4.78, 5) is 35.0. The van der Waals surface area contributed by atoms with Crippen molar-refractivity contribution >= 4 is 17.7 Å². The van der Waals surface area contributed by atoms with Gasteiger partial charge in [-0.15, -0.1) is 0 Å². The Morgan fingerprint density at radius 2 is 1.82 bits per heavy atom. The number of hydrogen-bond acceptors (Lipinski definition) is 6. The number of fused-ring (bicyclic) bond motifs is 2. The SMILES string of the molecule is COC(=O)c1cnc2c(c1)Oc1ccccc1C(=O)N2OCc1ccccc1. The largest absolute Gasteiger partial charge is 0.465 e. The molecule has 0 N–H and O–H groups in total. The van der Waals surface area contributed by atoms with Crippen LogP contribution in [-0.2, 0) is 16.2 Å². The van der Waals surface area contributed by atoms with Gasteiger partial charge >= 0.3 is 5.97 Å². The number of para-hydroxylation sites is 1. The summed E-state index contributed by atoms with van der Waals surface area (Å²) >= 11 is 0. The molecule has 1 amide bonds. The molecular weight excluding hydrogens is 360 g/mol. The van der Waals surface area contributed by atoms with Crippen LogP contribution < -0.4 is 9.80 Å². The number of ether oxygens (including phenoxy) is 2. The summed E-state index contributed by atoms with van der Waals surface area (Å²) in [5.74, 6) is -0.245. The number of carbonyl (C=O) groups excluding carboxylic acids is 2. The van der Waals surface area contributed by atoms with Crippen molar-refractivity contribution in [2.45, 2.75) is 6.61 Å². The van der Waals surface area contributed by atoms with Crippen LogP contribution in [0.25, 0.3) is 0 Å². The van der Waals surface area contributed by atoms with Gasteiger partial charge in [-0.1, -0.05) is 42.5 Å². The highest BCUT2D eigenvalue weighted by molar-refractivity contribution is 6.08. The Morgan fingerprint density at radius 3 is 2.61 bits per heavy atom. The van der Waals surface area contributed by atoms with E-state index in [0.29, 0.717) is 11.3 Å². The molecule has 0 fully saturated rings. The van der Waals surface area contributed by atoms with E-state index >= 15 is 0 Å². The number of amides is 1. The highest BCUT2D eigenvalue weighted by atomic mass is 16.7. The molecule has 3 aromatic rings. The second-order valence-electron chi connectivity index (χ2n) is 5.99. The molecule has 0 spiro atoms. The van der Waals surface area contributed by atoms with Crippen molar-refractivity contribution < 1.29 is 23.9 Å². The molecule has 2 aromatic carbocycles. The van der Waals surface area contributed by atoms with Crippen molar-refractivity contribution in [2.24, 2.45) is 0 Å². The van der Waals surface area contributed by atoms with Gasteiger partial charge in [-0.05, 0) is 17.7 Å². The van der Waals surface area contributed by atoms with Gasteiger partial charge in [0, 0.05) is 12.3 Å². The summed E-state index contributed by atoms with van der Waals surface area (Å²) in [5.41, 5.74) is 1.42. The zero-order valence-corrected chi connectivity index (χ0v) is 15.0. The van der Waals surface area contributed by atoms with E-state index in [9.17, 15) is 9.59 Å². The van der Waals surface area contributed by atoms with E-state index in [2.05, 4.69) is 4.98 Å². The molecule has 2 heterocycles. The lowest BCUT2D eigenvalue weighted by molar-refractivity contribution is 0.0594. The Bertz CT molecular complexity index is 1040. The predicted molar refractivity (Wildman–Crippen MR) is 100 cm³/mol. The molecule has 0 bridgehead atoms. The van der Waals surface area contributed by atoms with Gasteiger partial charge in [0.2, 0.25) is 5.82 Å². The van der Waals surface area contributed by atoms with Crippen LogP contribution in [0.1, 0.15) is 26.3 Å². The number of aromatic nitrogens is 1. The molecule has 0 radical (unpaired) electrons. The predicted octanol–water partition coefficient (Wildman–Crippen LogP) is 3.75. The van der Waals surface area contributed by atoms with Gasteiger partial charge in [0.25, 0.3) is 5.91 Å². The topological polar surface area (TPSA) is 78.0 Å². The zero-order valence-electron chi connectivity index (χ0n) is 15.0. The van der Waals surface area contributed by atoms with Crippen molar-refractivity contribution in [3.05, 3.63) is 83.6 Å². The van der Waals surface area contributed by atoms with E-state index < -0.39 is 11.9 Å². The minimum Gasteiger partial charge on any atom is -0.465 e. The summed E-state index contributed by atoms with van der Waals surface area (Å²) in [6, 6.07) is 17.7. The number of nitrogens with zero attached hydrogens (tertiary/aromatic N) is 2. The third-order valence-corrected chi connectivity index (χ3v) is 4.17. The lowest BCUT2D eigenvalue weighted by atomic mass is 10.2. The van der Waals surface area contributed by atoms with Crippen LogP contribution in [0.15, 0.2) is 66.9 Å².